The molecule has 0 saturated heterocycles. The normalized spacial score (nSPS) is 14.0. The van der Waals surface area contributed by atoms with Crippen molar-refractivity contribution in [1.82, 2.24) is 10.2 Å². The molecule has 1 aliphatic heterocycles. The van der Waals surface area contributed by atoms with Crippen LogP contribution in [-0.2, 0) is 0 Å². The van der Waals surface area contributed by atoms with Crippen LogP contribution < -0.4 is 4.74 Å². The number of hydrogen-bond acceptors (Lipinski definition) is 4. The monoisotopic (exact) mass is 134 g/mol. The SMILES string of the molecule is [C]1=Nc2cnncc2OC1. The quantitative estimate of drug-likeness (QED) is 0.517. The van der Waals surface area contributed by atoms with Crippen LogP contribution in [0.2, 0.25) is 0 Å². The summed E-state index contributed by atoms with van der Waals surface area (Å²) in [5.74, 6) is 0.675. The molecule has 0 aliphatic carbocycles. The molecule has 0 amide bonds. The average Bonchev–Trinajstić information content (AvgIpc) is 2.05. The van der Waals surface area contributed by atoms with Gasteiger partial charge in [-0.2, -0.15) is 10.2 Å². The number of aliphatic imine (C=N–C) groups is 1. The largest absolute Gasteiger partial charge is 0.483 e. The molecule has 4 nitrogen and oxygen atoms in total. The fourth-order valence-electron chi connectivity index (χ4n) is 0.726. The minimum atomic E-state index is 0.401. The second kappa shape index (κ2) is 2.06. The second-order valence-electron chi connectivity index (χ2n) is 1.80. The minimum Gasteiger partial charge on any atom is -0.483 e. The third-order valence-corrected chi connectivity index (χ3v) is 1.17. The molecule has 49 valence electrons. The predicted molar refractivity (Wildman–Crippen MR) is 34.6 cm³/mol. The molecule has 0 spiro atoms. The van der Waals surface area contributed by atoms with E-state index in [0.29, 0.717) is 18.0 Å². The summed E-state index contributed by atoms with van der Waals surface area (Å²) in [5, 5.41) is 7.27. The minimum absolute atomic E-state index is 0.401. The van der Waals surface area contributed by atoms with Crippen molar-refractivity contribution < 1.29 is 4.74 Å². The fraction of sp³-hybridized carbons (Fsp3) is 0.167. The van der Waals surface area contributed by atoms with Crippen LogP contribution in [0.3, 0.4) is 0 Å². The van der Waals surface area contributed by atoms with Gasteiger partial charge in [-0.05, 0) is 0 Å². The van der Waals surface area contributed by atoms with E-state index in [2.05, 4.69) is 21.4 Å². The van der Waals surface area contributed by atoms with Crippen molar-refractivity contribution in [1.29, 1.82) is 0 Å². The zero-order valence-corrected chi connectivity index (χ0v) is 5.11. The summed E-state index contributed by atoms with van der Waals surface area (Å²) in [7, 11) is 0. The van der Waals surface area contributed by atoms with Crippen molar-refractivity contribution in [2.24, 2.45) is 4.99 Å². The smallest absolute Gasteiger partial charge is 0.167 e. The lowest BCUT2D eigenvalue weighted by Crippen LogP contribution is -2.03. The number of nitrogens with zero attached hydrogens (tertiary/aromatic N) is 3. The molecule has 1 radical (unpaired) electrons. The molecule has 0 fully saturated rings. The van der Waals surface area contributed by atoms with Gasteiger partial charge in [-0.3, -0.25) is 0 Å². The zero-order chi connectivity index (χ0) is 6.81. The molecule has 10 heavy (non-hydrogen) atoms. The number of ether oxygens (including phenoxy) is 1. The summed E-state index contributed by atoms with van der Waals surface area (Å²) >= 11 is 0. The summed E-state index contributed by atoms with van der Waals surface area (Å²) in [4.78, 5) is 3.92. The van der Waals surface area contributed by atoms with Crippen LogP contribution in [0.15, 0.2) is 17.4 Å². The molecule has 0 bridgehead atoms. The van der Waals surface area contributed by atoms with Crippen LogP contribution in [0.25, 0.3) is 0 Å². The molecule has 1 aromatic rings. The Morgan fingerprint density at radius 3 is 3.20 bits per heavy atom. The van der Waals surface area contributed by atoms with Crippen molar-refractivity contribution >= 4 is 11.9 Å². The van der Waals surface area contributed by atoms with Gasteiger partial charge in [0.25, 0.3) is 0 Å². The second-order valence-corrected chi connectivity index (χ2v) is 1.80. The van der Waals surface area contributed by atoms with Gasteiger partial charge >= 0.3 is 0 Å². The molecule has 0 N–H and O–H groups in total. The molecule has 0 unspecified atom stereocenters. The molecular weight excluding hydrogens is 130 g/mol. The van der Waals surface area contributed by atoms with Crippen LogP contribution in [0.5, 0.6) is 5.75 Å². The molecule has 0 aromatic carbocycles. The van der Waals surface area contributed by atoms with E-state index in [9.17, 15) is 0 Å². The summed E-state index contributed by atoms with van der Waals surface area (Å²) in [5.41, 5.74) is 0.696. The molecule has 4 heteroatoms. The predicted octanol–water partition coefficient (Wildman–Crippen LogP) is 0.448. The Hall–Kier alpha value is -1.45. The van der Waals surface area contributed by atoms with E-state index in [1.54, 1.807) is 12.4 Å². The Morgan fingerprint density at radius 2 is 2.30 bits per heavy atom. The molecule has 0 atom stereocenters. The standard InChI is InChI=1S/C6H4N3O/c1-2-10-6-4-9-8-3-5(6)7-1/h3-4H,2H2. The molecule has 1 aromatic heterocycles. The Bertz CT molecular complexity index is 271. The lowest BCUT2D eigenvalue weighted by Gasteiger charge is -2.07. The highest BCUT2D eigenvalue weighted by atomic mass is 16.5. The summed E-state index contributed by atoms with van der Waals surface area (Å²) < 4.78 is 5.12. The van der Waals surface area contributed by atoms with Gasteiger partial charge in [-0.1, -0.05) is 0 Å². The third kappa shape index (κ3) is 0.737. The van der Waals surface area contributed by atoms with Crippen molar-refractivity contribution in [3.63, 3.8) is 0 Å². The van der Waals surface area contributed by atoms with Crippen LogP contribution >= 0.6 is 0 Å². The van der Waals surface area contributed by atoms with E-state index in [4.69, 9.17) is 4.74 Å². The van der Waals surface area contributed by atoms with E-state index < -0.39 is 0 Å². The van der Waals surface area contributed by atoms with Crippen LogP contribution in [0.1, 0.15) is 0 Å². The van der Waals surface area contributed by atoms with Crippen molar-refractivity contribution in [3.8, 4) is 5.75 Å². The average molecular weight is 134 g/mol. The van der Waals surface area contributed by atoms with Gasteiger partial charge in [0.15, 0.2) is 5.75 Å². The number of fused-ring (bicyclic) bond motifs is 1. The van der Waals surface area contributed by atoms with Crippen LogP contribution in [0.4, 0.5) is 5.69 Å². The first-order chi connectivity index (χ1) is 4.97. The van der Waals surface area contributed by atoms with Gasteiger partial charge in [-0.15, -0.1) is 0 Å². The topological polar surface area (TPSA) is 47.4 Å². The summed E-state index contributed by atoms with van der Waals surface area (Å²) in [6.45, 7) is 0.401. The van der Waals surface area contributed by atoms with Crippen LogP contribution in [-0.4, -0.2) is 23.0 Å². The summed E-state index contributed by atoms with van der Waals surface area (Å²) in [6.07, 6.45) is 5.76. The van der Waals surface area contributed by atoms with E-state index in [0.717, 1.165) is 0 Å². The van der Waals surface area contributed by atoms with E-state index in [1.807, 2.05) is 0 Å². The Morgan fingerprint density at radius 1 is 1.40 bits per heavy atom. The number of hydrogen-bond donors (Lipinski definition) is 0. The Labute approximate surface area is 57.6 Å². The molecular formula is C6H4N3O. The zero-order valence-electron chi connectivity index (χ0n) is 5.11. The first-order valence-corrected chi connectivity index (χ1v) is 2.84. The van der Waals surface area contributed by atoms with Crippen molar-refractivity contribution in [2.45, 2.75) is 0 Å². The lowest BCUT2D eigenvalue weighted by atomic mass is 10.4. The van der Waals surface area contributed by atoms with Gasteiger partial charge in [0.05, 0.1) is 12.4 Å². The van der Waals surface area contributed by atoms with Gasteiger partial charge in [0.2, 0.25) is 0 Å². The van der Waals surface area contributed by atoms with E-state index in [-0.39, 0.29) is 0 Å². The van der Waals surface area contributed by atoms with Gasteiger partial charge in [0.1, 0.15) is 18.5 Å². The number of rotatable bonds is 0. The number of aromatic nitrogens is 2. The van der Waals surface area contributed by atoms with Gasteiger partial charge < -0.3 is 4.74 Å². The Kier molecular flexibility index (Phi) is 1.10. The first kappa shape index (κ1) is 5.34. The molecule has 2 rings (SSSR count). The maximum absolute atomic E-state index is 5.12. The van der Waals surface area contributed by atoms with Crippen molar-refractivity contribution in [3.05, 3.63) is 12.4 Å². The highest BCUT2D eigenvalue weighted by Crippen LogP contribution is 2.25. The molecule has 2 heterocycles. The lowest BCUT2D eigenvalue weighted by molar-refractivity contribution is 0.374. The van der Waals surface area contributed by atoms with E-state index >= 15 is 0 Å². The molecule has 1 aliphatic rings. The maximum atomic E-state index is 5.12. The Balaban J connectivity index is 2.54. The van der Waals surface area contributed by atoms with Gasteiger partial charge in [0, 0.05) is 0 Å². The molecule has 0 saturated carbocycles. The highest BCUT2D eigenvalue weighted by Gasteiger charge is 2.05. The van der Waals surface area contributed by atoms with E-state index in [1.165, 1.54) is 0 Å². The van der Waals surface area contributed by atoms with Crippen molar-refractivity contribution in [2.75, 3.05) is 6.61 Å². The summed E-state index contributed by atoms with van der Waals surface area (Å²) in [6, 6.07) is 0. The maximum Gasteiger partial charge on any atom is 0.167 e. The van der Waals surface area contributed by atoms with Gasteiger partial charge in [-0.25, -0.2) is 4.99 Å². The first-order valence-electron chi connectivity index (χ1n) is 2.84. The highest BCUT2D eigenvalue weighted by molar-refractivity contribution is 5.69. The third-order valence-electron chi connectivity index (χ3n) is 1.17. The fourth-order valence-corrected chi connectivity index (χ4v) is 0.726. The van der Waals surface area contributed by atoms with Crippen LogP contribution in [0, 0.1) is 0 Å².